The fourth-order valence-electron chi connectivity index (χ4n) is 3.43. The molecule has 0 aromatic heterocycles. The van der Waals surface area contributed by atoms with Gasteiger partial charge in [0.25, 0.3) is 0 Å². The number of aliphatic hydroxyl groups excluding tert-OH is 1. The normalized spacial score (nSPS) is 20.9. The van der Waals surface area contributed by atoms with Crippen molar-refractivity contribution in [3.8, 4) is 5.75 Å². The summed E-state index contributed by atoms with van der Waals surface area (Å²) in [5.74, 6) is 1.40. The van der Waals surface area contributed by atoms with Crippen LogP contribution in [0.5, 0.6) is 5.75 Å². The van der Waals surface area contributed by atoms with Crippen LogP contribution < -0.4 is 9.64 Å². The minimum Gasteiger partial charge on any atom is -0.491 e. The minimum atomic E-state index is -0.483. The Morgan fingerprint density at radius 2 is 1.67 bits per heavy atom. The number of benzene rings is 2. The van der Waals surface area contributed by atoms with Gasteiger partial charge in [-0.1, -0.05) is 18.5 Å². The molecule has 0 saturated carbocycles. The Kier molecular flexibility index (Phi) is 6.89. The molecule has 5 heteroatoms. The molecule has 0 aliphatic carbocycles. The van der Waals surface area contributed by atoms with Crippen LogP contribution in [0.4, 0.5) is 0 Å². The quantitative estimate of drug-likeness (QED) is 0.717. The third-order valence-electron chi connectivity index (χ3n) is 5.17. The Balaban J connectivity index is 1.48. The average molecular weight is 389 g/mol. The summed E-state index contributed by atoms with van der Waals surface area (Å²) in [6, 6.07) is 13.9. The zero-order chi connectivity index (χ0) is 19.2. The van der Waals surface area contributed by atoms with Gasteiger partial charge in [0, 0.05) is 16.1 Å². The Bertz CT molecular complexity index is 737. The third-order valence-corrected chi connectivity index (χ3v) is 5.42. The molecule has 3 rings (SSSR count). The van der Waals surface area contributed by atoms with Gasteiger partial charge in [0.15, 0.2) is 5.78 Å². The second-order valence-electron chi connectivity index (χ2n) is 7.46. The number of carbonyl (C=O) groups excluding carboxylic acids is 1. The summed E-state index contributed by atoms with van der Waals surface area (Å²) in [6.45, 7) is 5.53. The van der Waals surface area contributed by atoms with Crippen LogP contribution in [0.3, 0.4) is 0 Å². The first-order valence-electron chi connectivity index (χ1n) is 9.56. The Hall–Kier alpha value is -1.88. The fraction of sp³-hybridized carbons (Fsp3) is 0.409. The van der Waals surface area contributed by atoms with Crippen LogP contribution >= 0.6 is 11.6 Å². The highest BCUT2D eigenvalue weighted by molar-refractivity contribution is 6.30. The number of ether oxygens (including phenoxy) is 1. The molecule has 1 heterocycles. The first-order valence-corrected chi connectivity index (χ1v) is 9.94. The van der Waals surface area contributed by atoms with E-state index >= 15 is 0 Å². The van der Waals surface area contributed by atoms with Gasteiger partial charge < -0.3 is 14.7 Å². The maximum atomic E-state index is 12.5. The molecule has 2 aromatic rings. The SMILES string of the molecule is CC1CC[NH+](C[C@@H](O)COc2ccc(C(=O)c3ccc(Cl)cc3)cc2)CC1. The third kappa shape index (κ3) is 5.80. The molecule has 0 amide bonds. The molecule has 0 unspecified atom stereocenters. The van der Waals surface area contributed by atoms with Gasteiger partial charge in [-0.2, -0.15) is 0 Å². The largest absolute Gasteiger partial charge is 0.491 e. The van der Waals surface area contributed by atoms with Gasteiger partial charge >= 0.3 is 0 Å². The lowest BCUT2D eigenvalue weighted by Gasteiger charge is -2.28. The van der Waals surface area contributed by atoms with Gasteiger partial charge in [0.1, 0.15) is 25.0 Å². The predicted octanol–water partition coefficient (Wildman–Crippen LogP) is 2.63. The number of quaternary nitrogens is 1. The number of halogens is 1. The molecule has 1 atom stereocenters. The van der Waals surface area contributed by atoms with E-state index in [0.29, 0.717) is 21.9 Å². The average Bonchev–Trinajstić information content (AvgIpc) is 2.69. The van der Waals surface area contributed by atoms with Gasteiger partial charge in [-0.05, 0) is 67.3 Å². The lowest BCUT2D eigenvalue weighted by Crippen LogP contribution is -3.14. The Morgan fingerprint density at radius 1 is 1.11 bits per heavy atom. The lowest BCUT2D eigenvalue weighted by atomic mass is 9.99. The molecule has 0 spiro atoms. The van der Waals surface area contributed by atoms with E-state index in [0.717, 1.165) is 25.6 Å². The van der Waals surface area contributed by atoms with Crippen LogP contribution in [-0.4, -0.2) is 43.2 Å². The maximum Gasteiger partial charge on any atom is 0.193 e. The van der Waals surface area contributed by atoms with E-state index in [1.807, 2.05) is 0 Å². The van der Waals surface area contributed by atoms with Crippen molar-refractivity contribution in [3.63, 3.8) is 0 Å². The number of rotatable bonds is 7. The molecule has 2 N–H and O–H groups in total. The number of hydrogen-bond donors (Lipinski definition) is 2. The van der Waals surface area contributed by atoms with Crippen molar-refractivity contribution in [2.45, 2.75) is 25.9 Å². The van der Waals surface area contributed by atoms with Crippen LogP contribution in [0, 0.1) is 5.92 Å². The van der Waals surface area contributed by atoms with E-state index in [1.165, 1.54) is 17.7 Å². The van der Waals surface area contributed by atoms with Gasteiger partial charge in [0.2, 0.25) is 0 Å². The summed E-state index contributed by atoms with van der Waals surface area (Å²) in [5.41, 5.74) is 1.19. The van der Waals surface area contributed by atoms with Crippen molar-refractivity contribution in [2.24, 2.45) is 5.92 Å². The zero-order valence-electron chi connectivity index (χ0n) is 15.7. The highest BCUT2D eigenvalue weighted by atomic mass is 35.5. The number of likely N-dealkylation sites (tertiary alicyclic amines) is 1. The summed E-state index contributed by atoms with van der Waals surface area (Å²) >= 11 is 5.86. The molecular weight excluding hydrogens is 362 g/mol. The number of nitrogens with one attached hydrogen (secondary N) is 1. The number of piperidine rings is 1. The molecule has 4 nitrogen and oxygen atoms in total. The van der Waals surface area contributed by atoms with Gasteiger partial charge in [0.05, 0.1) is 13.1 Å². The number of ketones is 1. The van der Waals surface area contributed by atoms with Crippen LogP contribution in [-0.2, 0) is 0 Å². The molecule has 1 fully saturated rings. The maximum absolute atomic E-state index is 12.5. The van der Waals surface area contributed by atoms with Crippen molar-refractivity contribution in [2.75, 3.05) is 26.2 Å². The zero-order valence-corrected chi connectivity index (χ0v) is 16.4. The van der Waals surface area contributed by atoms with E-state index < -0.39 is 6.10 Å². The van der Waals surface area contributed by atoms with Gasteiger partial charge in [-0.25, -0.2) is 0 Å². The van der Waals surface area contributed by atoms with Crippen LogP contribution in [0.2, 0.25) is 5.02 Å². The molecule has 1 saturated heterocycles. The van der Waals surface area contributed by atoms with Crippen molar-refractivity contribution < 1.29 is 19.5 Å². The molecule has 2 aromatic carbocycles. The van der Waals surface area contributed by atoms with Crippen LogP contribution in [0.25, 0.3) is 0 Å². The summed E-state index contributed by atoms with van der Waals surface area (Å²) in [5, 5.41) is 10.8. The van der Waals surface area contributed by atoms with E-state index in [4.69, 9.17) is 16.3 Å². The summed E-state index contributed by atoms with van der Waals surface area (Å²) in [7, 11) is 0. The molecule has 0 radical (unpaired) electrons. The second kappa shape index (κ2) is 9.36. The molecular formula is C22H27ClNO3+. The lowest BCUT2D eigenvalue weighted by molar-refractivity contribution is -0.909. The molecule has 27 heavy (non-hydrogen) atoms. The fourth-order valence-corrected chi connectivity index (χ4v) is 3.56. The van der Waals surface area contributed by atoms with Crippen molar-refractivity contribution in [3.05, 3.63) is 64.7 Å². The van der Waals surface area contributed by atoms with Crippen molar-refractivity contribution in [1.82, 2.24) is 0 Å². The monoisotopic (exact) mass is 388 g/mol. The van der Waals surface area contributed by atoms with Crippen LogP contribution in [0.1, 0.15) is 35.7 Å². The summed E-state index contributed by atoms with van der Waals surface area (Å²) in [4.78, 5) is 13.9. The minimum absolute atomic E-state index is 0.0545. The smallest absolute Gasteiger partial charge is 0.193 e. The topological polar surface area (TPSA) is 51.0 Å². The first-order chi connectivity index (χ1) is 13.0. The van der Waals surface area contributed by atoms with Gasteiger partial charge in [-0.3, -0.25) is 4.79 Å². The highest BCUT2D eigenvalue weighted by Crippen LogP contribution is 2.17. The van der Waals surface area contributed by atoms with E-state index in [2.05, 4.69) is 6.92 Å². The van der Waals surface area contributed by atoms with Crippen LogP contribution in [0.15, 0.2) is 48.5 Å². The second-order valence-corrected chi connectivity index (χ2v) is 7.90. The van der Waals surface area contributed by atoms with Crippen molar-refractivity contribution >= 4 is 17.4 Å². The summed E-state index contributed by atoms with van der Waals surface area (Å²) < 4.78 is 5.69. The molecule has 144 valence electrons. The number of carbonyl (C=O) groups is 1. The molecule has 0 bridgehead atoms. The number of hydrogen-bond acceptors (Lipinski definition) is 3. The van der Waals surface area contributed by atoms with Gasteiger partial charge in [-0.15, -0.1) is 0 Å². The first kappa shape index (κ1) is 19.9. The Labute approximate surface area is 165 Å². The Morgan fingerprint density at radius 3 is 2.26 bits per heavy atom. The predicted molar refractivity (Wildman–Crippen MR) is 107 cm³/mol. The van der Waals surface area contributed by atoms with E-state index in [9.17, 15) is 9.90 Å². The highest BCUT2D eigenvalue weighted by Gasteiger charge is 2.21. The van der Waals surface area contributed by atoms with E-state index in [-0.39, 0.29) is 12.4 Å². The summed E-state index contributed by atoms with van der Waals surface area (Å²) in [6.07, 6.45) is 1.97. The molecule has 1 aliphatic heterocycles. The molecule has 1 aliphatic rings. The van der Waals surface area contributed by atoms with E-state index in [1.54, 1.807) is 48.5 Å². The standard InChI is InChI=1S/C22H26ClNO3/c1-16-10-12-24(13-11-16)14-20(25)15-27-21-8-4-18(5-9-21)22(26)17-2-6-19(23)7-3-17/h2-9,16,20,25H,10-15H2,1H3/p+1/t20-/m1/s1. The van der Waals surface area contributed by atoms with Crippen molar-refractivity contribution in [1.29, 1.82) is 0 Å². The number of aliphatic hydroxyl groups is 1.